The van der Waals surface area contributed by atoms with Crippen molar-refractivity contribution < 1.29 is 19.4 Å². The molecule has 2 aromatic rings. The summed E-state index contributed by atoms with van der Waals surface area (Å²) in [6.07, 6.45) is 3.65. The first kappa shape index (κ1) is 23.5. The number of hydrogen-bond acceptors (Lipinski definition) is 7. The molecule has 0 radical (unpaired) electrons. The van der Waals surface area contributed by atoms with Crippen molar-refractivity contribution in [1.29, 1.82) is 0 Å². The Bertz CT molecular complexity index is 1180. The second-order valence-corrected chi connectivity index (χ2v) is 8.61. The summed E-state index contributed by atoms with van der Waals surface area (Å²) in [6, 6.07) is 9.71. The Hall–Kier alpha value is -3.65. The fourth-order valence-corrected chi connectivity index (χ4v) is 4.09. The van der Waals surface area contributed by atoms with Crippen LogP contribution in [-0.2, 0) is 9.53 Å². The third-order valence-electron chi connectivity index (χ3n) is 5.94. The minimum absolute atomic E-state index is 0.00256. The van der Waals surface area contributed by atoms with Gasteiger partial charge in [-0.1, -0.05) is 44.2 Å². The van der Waals surface area contributed by atoms with Gasteiger partial charge in [0.05, 0.1) is 17.3 Å². The van der Waals surface area contributed by atoms with Crippen LogP contribution < -0.4 is 4.90 Å². The highest BCUT2D eigenvalue weighted by atomic mass is 16.5. The standard InChI is InChI=1S/C26H28N4O4/c1-5-34-21-13-11-19(14-27-21)23-22(24(31)18-9-7-17(8-10-18)15(2)3)25(32)26(33)30(23)20-12-6-16(4)28-29-20/h6-12,14-15,21,23,32H,5,13H2,1-4H3. The van der Waals surface area contributed by atoms with Gasteiger partial charge in [0.25, 0.3) is 5.91 Å². The monoisotopic (exact) mass is 460 g/mol. The summed E-state index contributed by atoms with van der Waals surface area (Å²) < 4.78 is 5.56. The second-order valence-electron chi connectivity index (χ2n) is 8.61. The Morgan fingerprint density at radius 2 is 1.91 bits per heavy atom. The zero-order chi connectivity index (χ0) is 24.4. The zero-order valence-electron chi connectivity index (χ0n) is 19.7. The Labute approximate surface area is 198 Å². The normalized spacial score (nSPS) is 20.3. The minimum atomic E-state index is -0.881. The topological polar surface area (TPSA) is 105 Å². The molecule has 0 saturated heterocycles. The molecule has 1 aromatic heterocycles. The molecule has 176 valence electrons. The van der Waals surface area contributed by atoms with Gasteiger partial charge < -0.3 is 9.84 Å². The SMILES string of the molecule is CCOC1CC=C(C2C(C(=O)c3ccc(C(C)C)cc3)=C(O)C(=O)N2c2ccc(C)nn2)C=N1. The maximum Gasteiger partial charge on any atom is 0.295 e. The van der Waals surface area contributed by atoms with Crippen LogP contribution >= 0.6 is 0 Å². The van der Waals surface area contributed by atoms with Gasteiger partial charge in [0.15, 0.2) is 23.6 Å². The van der Waals surface area contributed by atoms with Crippen molar-refractivity contribution in [2.24, 2.45) is 4.99 Å². The van der Waals surface area contributed by atoms with Crippen LogP contribution in [0, 0.1) is 6.92 Å². The summed E-state index contributed by atoms with van der Waals surface area (Å²) in [6.45, 7) is 8.35. The van der Waals surface area contributed by atoms with Crippen molar-refractivity contribution >= 4 is 23.7 Å². The van der Waals surface area contributed by atoms with E-state index in [1.807, 2.05) is 25.1 Å². The highest BCUT2D eigenvalue weighted by molar-refractivity contribution is 6.22. The van der Waals surface area contributed by atoms with Crippen molar-refractivity contribution in [3.05, 3.63) is 76.2 Å². The summed E-state index contributed by atoms with van der Waals surface area (Å²) in [7, 11) is 0. The number of anilines is 1. The number of ketones is 1. The van der Waals surface area contributed by atoms with E-state index in [4.69, 9.17) is 4.74 Å². The Balaban J connectivity index is 1.76. The maximum absolute atomic E-state index is 13.6. The van der Waals surface area contributed by atoms with Gasteiger partial charge in [0.2, 0.25) is 0 Å². The lowest BCUT2D eigenvalue weighted by atomic mass is 9.91. The number of dihydropyridines is 1. The fraction of sp³-hybridized carbons (Fsp3) is 0.346. The Morgan fingerprint density at radius 1 is 1.18 bits per heavy atom. The first-order chi connectivity index (χ1) is 16.3. The predicted octanol–water partition coefficient (Wildman–Crippen LogP) is 4.08. The molecule has 0 bridgehead atoms. The molecular formula is C26H28N4O4. The molecule has 0 fully saturated rings. The van der Waals surface area contributed by atoms with Crippen LogP contribution in [0.25, 0.3) is 0 Å². The molecule has 8 heteroatoms. The van der Waals surface area contributed by atoms with Crippen molar-refractivity contribution in [3.8, 4) is 0 Å². The van der Waals surface area contributed by atoms with E-state index >= 15 is 0 Å². The summed E-state index contributed by atoms with van der Waals surface area (Å²) in [5.74, 6) is -1.16. The number of rotatable bonds is 7. The average molecular weight is 461 g/mol. The number of amides is 1. The molecule has 4 rings (SSSR count). The second kappa shape index (κ2) is 9.69. The van der Waals surface area contributed by atoms with Crippen LogP contribution in [-0.4, -0.2) is 52.1 Å². The van der Waals surface area contributed by atoms with Gasteiger partial charge in [-0.2, -0.15) is 5.10 Å². The van der Waals surface area contributed by atoms with E-state index in [1.165, 1.54) is 4.90 Å². The van der Waals surface area contributed by atoms with E-state index in [2.05, 4.69) is 29.0 Å². The number of aromatic nitrogens is 2. The molecule has 2 atom stereocenters. The number of ether oxygens (including phenoxy) is 1. The Kier molecular flexibility index (Phi) is 6.70. The van der Waals surface area contributed by atoms with Crippen molar-refractivity contribution in [2.75, 3.05) is 11.5 Å². The van der Waals surface area contributed by atoms with Gasteiger partial charge in [0, 0.05) is 24.8 Å². The maximum atomic E-state index is 13.6. The van der Waals surface area contributed by atoms with Crippen LogP contribution in [0.15, 0.2) is 64.4 Å². The van der Waals surface area contributed by atoms with E-state index in [-0.39, 0.29) is 17.6 Å². The molecular weight excluding hydrogens is 432 g/mol. The highest BCUT2D eigenvalue weighted by Crippen LogP contribution is 2.36. The van der Waals surface area contributed by atoms with Crippen LogP contribution in [0.3, 0.4) is 0 Å². The number of carbonyl (C=O) groups is 2. The van der Waals surface area contributed by atoms with Crippen LogP contribution in [0.1, 0.15) is 54.7 Å². The molecule has 34 heavy (non-hydrogen) atoms. The predicted molar refractivity (Wildman–Crippen MR) is 129 cm³/mol. The molecule has 2 aliphatic heterocycles. The number of benzene rings is 1. The van der Waals surface area contributed by atoms with E-state index in [0.29, 0.717) is 35.8 Å². The van der Waals surface area contributed by atoms with Gasteiger partial charge in [-0.05, 0) is 43.0 Å². The zero-order valence-corrected chi connectivity index (χ0v) is 19.7. The average Bonchev–Trinajstić information content (AvgIpc) is 3.10. The van der Waals surface area contributed by atoms with Crippen molar-refractivity contribution in [3.63, 3.8) is 0 Å². The number of aliphatic imine (C=N–C) groups is 1. The number of Topliss-reactive ketones (excluding diaryl/α,β-unsaturated/α-hetero) is 1. The number of aliphatic hydroxyl groups excluding tert-OH is 1. The number of aliphatic hydroxyl groups is 1. The summed E-state index contributed by atoms with van der Waals surface area (Å²) in [4.78, 5) is 32.5. The lowest BCUT2D eigenvalue weighted by Gasteiger charge is -2.28. The largest absolute Gasteiger partial charge is 0.503 e. The smallest absolute Gasteiger partial charge is 0.295 e. The van der Waals surface area contributed by atoms with E-state index in [1.54, 1.807) is 37.4 Å². The summed E-state index contributed by atoms with van der Waals surface area (Å²) >= 11 is 0. The molecule has 1 aromatic carbocycles. The lowest BCUT2D eigenvalue weighted by Crippen LogP contribution is -2.40. The third kappa shape index (κ3) is 4.41. The van der Waals surface area contributed by atoms with Gasteiger partial charge >= 0.3 is 0 Å². The summed E-state index contributed by atoms with van der Waals surface area (Å²) in [5.41, 5.74) is 2.77. The van der Waals surface area contributed by atoms with Crippen molar-refractivity contribution in [2.45, 2.75) is 52.3 Å². The fourth-order valence-electron chi connectivity index (χ4n) is 4.09. The molecule has 0 spiro atoms. The number of hydrogen-bond donors (Lipinski definition) is 1. The van der Waals surface area contributed by atoms with Gasteiger partial charge in [-0.3, -0.25) is 19.5 Å². The van der Waals surface area contributed by atoms with E-state index in [9.17, 15) is 14.7 Å². The number of carbonyl (C=O) groups excluding carboxylic acids is 2. The van der Waals surface area contributed by atoms with Crippen LogP contribution in [0.5, 0.6) is 0 Å². The minimum Gasteiger partial charge on any atom is -0.503 e. The van der Waals surface area contributed by atoms with Crippen LogP contribution in [0.4, 0.5) is 5.82 Å². The molecule has 1 N–H and O–H groups in total. The lowest BCUT2D eigenvalue weighted by molar-refractivity contribution is -0.116. The van der Waals surface area contributed by atoms with E-state index in [0.717, 1.165) is 5.56 Å². The quantitative estimate of drug-likeness (QED) is 0.624. The Morgan fingerprint density at radius 3 is 2.47 bits per heavy atom. The third-order valence-corrected chi connectivity index (χ3v) is 5.94. The molecule has 0 aliphatic carbocycles. The number of aryl methyl sites for hydroxylation is 1. The van der Waals surface area contributed by atoms with Gasteiger partial charge in [-0.25, -0.2) is 0 Å². The van der Waals surface area contributed by atoms with Gasteiger partial charge in [-0.15, -0.1) is 5.10 Å². The molecule has 1 amide bonds. The first-order valence-corrected chi connectivity index (χ1v) is 11.4. The van der Waals surface area contributed by atoms with Crippen molar-refractivity contribution in [1.82, 2.24) is 10.2 Å². The van der Waals surface area contributed by atoms with Crippen LogP contribution in [0.2, 0.25) is 0 Å². The van der Waals surface area contributed by atoms with Gasteiger partial charge in [0.1, 0.15) is 0 Å². The molecule has 2 aliphatic rings. The number of nitrogens with zero attached hydrogens (tertiary/aromatic N) is 4. The molecule has 8 nitrogen and oxygen atoms in total. The highest BCUT2D eigenvalue weighted by Gasteiger charge is 2.46. The molecule has 0 saturated carbocycles. The molecule has 2 unspecified atom stereocenters. The summed E-state index contributed by atoms with van der Waals surface area (Å²) in [5, 5.41) is 19.1. The molecule has 3 heterocycles. The first-order valence-electron chi connectivity index (χ1n) is 11.4. The van der Waals surface area contributed by atoms with E-state index < -0.39 is 23.5 Å².